The van der Waals surface area contributed by atoms with Gasteiger partial charge in [-0.05, 0) is 42.7 Å². The van der Waals surface area contributed by atoms with E-state index < -0.39 is 0 Å². The highest BCUT2D eigenvalue weighted by molar-refractivity contribution is 6.30. The number of aliphatic hydroxyl groups excluding tert-OH is 1. The topological polar surface area (TPSA) is 49.8 Å². The van der Waals surface area contributed by atoms with Crippen molar-refractivity contribution in [3.8, 4) is 5.75 Å². The first-order chi connectivity index (χ1) is 11.6. The van der Waals surface area contributed by atoms with Crippen LogP contribution in [0.4, 0.5) is 0 Å². The van der Waals surface area contributed by atoms with Crippen molar-refractivity contribution >= 4 is 17.5 Å². The minimum Gasteiger partial charge on any atom is -0.488 e. The van der Waals surface area contributed by atoms with Gasteiger partial charge >= 0.3 is 0 Å². The summed E-state index contributed by atoms with van der Waals surface area (Å²) in [6.07, 6.45) is 0.949. The third-order valence-corrected chi connectivity index (χ3v) is 4.43. The first kappa shape index (κ1) is 16.8. The predicted octanol–water partition coefficient (Wildman–Crippen LogP) is 3.52. The van der Waals surface area contributed by atoms with Gasteiger partial charge in [0.25, 0.3) is 5.91 Å². The number of carbonyl (C=O) groups is 1. The van der Waals surface area contributed by atoms with E-state index >= 15 is 0 Å². The van der Waals surface area contributed by atoms with E-state index in [0.29, 0.717) is 48.9 Å². The number of carbonyl (C=O) groups excluding carboxylic acids is 1. The van der Waals surface area contributed by atoms with Crippen LogP contribution in [0.15, 0.2) is 48.5 Å². The summed E-state index contributed by atoms with van der Waals surface area (Å²) in [5, 5.41) is 10.3. The maximum Gasteiger partial charge on any atom is 0.257 e. The molecule has 4 nitrogen and oxygen atoms in total. The minimum atomic E-state index is -0.301. The Labute approximate surface area is 146 Å². The molecule has 24 heavy (non-hydrogen) atoms. The van der Waals surface area contributed by atoms with Crippen LogP contribution in [0.5, 0.6) is 5.75 Å². The summed E-state index contributed by atoms with van der Waals surface area (Å²) in [6.45, 7) is 1.53. The zero-order chi connectivity index (χ0) is 16.9. The Morgan fingerprint density at radius 1 is 1.12 bits per heavy atom. The highest BCUT2D eigenvalue weighted by Gasteiger charge is 2.24. The molecule has 126 valence electrons. The van der Waals surface area contributed by atoms with E-state index in [1.54, 1.807) is 11.0 Å². The van der Waals surface area contributed by atoms with Gasteiger partial charge in [-0.1, -0.05) is 35.9 Å². The third kappa shape index (κ3) is 4.08. The standard InChI is InChI=1S/C19H20ClNO3/c20-15-7-5-14(6-8-15)13-24-18-4-2-1-3-17(18)19(23)21-11-9-16(22)10-12-21/h1-8,16,22H,9-13H2. The molecule has 0 aliphatic carbocycles. The summed E-state index contributed by atoms with van der Waals surface area (Å²) >= 11 is 5.88. The molecular weight excluding hydrogens is 326 g/mol. The van der Waals surface area contributed by atoms with Crippen molar-refractivity contribution in [3.05, 3.63) is 64.7 Å². The molecule has 0 spiro atoms. The van der Waals surface area contributed by atoms with Crippen LogP contribution in [-0.4, -0.2) is 35.1 Å². The van der Waals surface area contributed by atoms with Crippen LogP contribution < -0.4 is 4.74 Å². The van der Waals surface area contributed by atoms with Crippen molar-refractivity contribution in [1.82, 2.24) is 4.90 Å². The second-order valence-corrected chi connectivity index (χ2v) is 6.37. The molecule has 1 amide bonds. The van der Waals surface area contributed by atoms with Crippen molar-refractivity contribution in [1.29, 1.82) is 0 Å². The van der Waals surface area contributed by atoms with Crippen LogP contribution in [0.25, 0.3) is 0 Å². The fraction of sp³-hybridized carbons (Fsp3) is 0.316. The molecule has 2 aromatic carbocycles. The van der Waals surface area contributed by atoms with Crippen LogP contribution >= 0.6 is 11.6 Å². The molecule has 0 saturated carbocycles. The fourth-order valence-corrected chi connectivity index (χ4v) is 2.88. The summed E-state index contributed by atoms with van der Waals surface area (Å²) < 4.78 is 5.86. The number of hydrogen-bond acceptors (Lipinski definition) is 3. The van der Waals surface area contributed by atoms with Crippen molar-refractivity contribution in [2.24, 2.45) is 0 Å². The Bertz CT molecular complexity index is 694. The molecular formula is C19H20ClNO3. The van der Waals surface area contributed by atoms with Gasteiger partial charge in [0.2, 0.25) is 0 Å². The van der Waals surface area contributed by atoms with Crippen molar-refractivity contribution < 1.29 is 14.6 Å². The van der Waals surface area contributed by atoms with Crippen LogP contribution in [0.3, 0.4) is 0 Å². The molecule has 3 rings (SSSR count). The van der Waals surface area contributed by atoms with Crippen molar-refractivity contribution in [3.63, 3.8) is 0 Å². The number of hydrogen-bond donors (Lipinski definition) is 1. The lowest BCUT2D eigenvalue weighted by molar-refractivity contribution is 0.0543. The van der Waals surface area contributed by atoms with Gasteiger partial charge in [0, 0.05) is 18.1 Å². The highest BCUT2D eigenvalue weighted by Crippen LogP contribution is 2.23. The van der Waals surface area contributed by atoms with Crippen LogP contribution in [0.2, 0.25) is 5.02 Å². The number of piperidine rings is 1. The summed E-state index contributed by atoms with van der Waals surface area (Å²) in [4.78, 5) is 14.5. The molecule has 1 fully saturated rings. The summed E-state index contributed by atoms with van der Waals surface area (Å²) in [5.41, 5.74) is 1.55. The van der Waals surface area contributed by atoms with Gasteiger partial charge in [-0.25, -0.2) is 0 Å². The molecule has 5 heteroatoms. The molecule has 1 saturated heterocycles. The lowest BCUT2D eigenvalue weighted by Gasteiger charge is -2.30. The number of rotatable bonds is 4. The summed E-state index contributed by atoms with van der Waals surface area (Å²) in [6, 6.07) is 14.7. The first-order valence-corrected chi connectivity index (χ1v) is 8.45. The van der Waals surface area contributed by atoms with Gasteiger partial charge in [-0.3, -0.25) is 4.79 Å². The number of aliphatic hydroxyl groups is 1. The molecule has 0 radical (unpaired) electrons. The van der Waals surface area contributed by atoms with Crippen LogP contribution in [-0.2, 0) is 6.61 Å². The molecule has 1 heterocycles. The Hall–Kier alpha value is -2.04. The number of likely N-dealkylation sites (tertiary alicyclic amines) is 1. The van der Waals surface area contributed by atoms with E-state index in [9.17, 15) is 9.90 Å². The maximum absolute atomic E-state index is 12.7. The number of para-hydroxylation sites is 1. The normalized spacial score (nSPS) is 15.3. The van der Waals surface area contributed by atoms with Gasteiger partial charge in [-0.2, -0.15) is 0 Å². The number of amides is 1. The Morgan fingerprint density at radius 2 is 1.79 bits per heavy atom. The quantitative estimate of drug-likeness (QED) is 0.922. The molecule has 0 atom stereocenters. The van der Waals surface area contributed by atoms with Gasteiger partial charge in [-0.15, -0.1) is 0 Å². The Kier molecular flexibility index (Phi) is 5.38. The minimum absolute atomic E-state index is 0.0476. The highest BCUT2D eigenvalue weighted by atomic mass is 35.5. The smallest absolute Gasteiger partial charge is 0.257 e. The second kappa shape index (κ2) is 7.69. The zero-order valence-electron chi connectivity index (χ0n) is 13.3. The molecule has 1 aliphatic rings. The van der Waals surface area contributed by atoms with E-state index in [0.717, 1.165) is 5.56 Å². The maximum atomic E-state index is 12.7. The average Bonchev–Trinajstić information content (AvgIpc) is 2.61. The predicted molar refractivity (Wildman–Crippen MR) is 93.4 cm³/mol. The molecule has 1 N–H and O–H groups in total. The second-order valence-electron chi connectivity index (χ2n) is 5.93. The molecule has 1 aliphatic heterocycles. The van der Waals surface area contributed by atoms with E-state index in [1.165, 1.54) is 0 Å². The first-order valence-electron chi connectivity index (χ1n) is 8.07. The summed E-state index contributed by atoms with van der Waals surface area (Å²) in [5.74, 6) is 0.525. The average molecular weight is 346 g/mol. The van der Waals surface area contributed by atoms with E-state index in [1.807, 2.05) is 42.5 Å². The fourth-order valence-electron chi connectivity index (χ4n) is 2.75. The molecule has 0 aromatic heterocycles. The number of ether oxygens (including phenoxy) is 1. The number of nitrogens with zero attached hydrogens (tertiary/aromatic N) is 1. The molecule has 0 bridgehead atoms. The van der Waals surface area contributed by atoms with Gasteiger partial charge in [0.05, 0.1) is 11.7 Å². The Morgan fingerprint density at radius 3 is 2.50 bits per heavy atom. The van der Waals surface area contributed by atoms with Gasteiger partial charge in [0.1, 0.15) is 12.4 Å². The van der Waals surface area contributed by atoms with E-state index in [4.69, 9.17) is 16.3 Å². The van der Waals surface area contributed by atoms with E-state index in [-0.39, 0.29) is 12.0 Å². The monoisotopic (exact) mass is 345 g/mol. The zero-order valence-corrected chi connectivity index (χ0v) is 14.1. The SMILES string of the molecule is O=C(c1ccccc1OCc1ccc(Cl)cc1)N1CCC(O)CC1. The van der Waals surface area contributed by atoms with Gasteiger partial charge in [0.15, 0.2) is 0 Å². The Balaban J connectivity index is 1.70. The molecule has 0 unspecified atom stereocenters. The van der Waals surface area contributed by atoms with Crippen molar-refractivity contribution in [2.45, 2.75) is 25.6 Å². The summed E-state index contributed by atoms with van der Waals surface area (Å²) in [7, 11) is 0. The van der Waals surface area contributed by atoms with Gasteiger partial charge < -0.3 is 14.7 Å². The van der Waals surface area contributed by atoms with Crippen LogP contribution in [0, 0.1) is 0 Å². The van der Waals surface area contributed by atoms with Crippen molar-refractivity contribution in [2.75, 3.05) is 13.1 Å². The lowest BCUT2D eigenvalue weighted by atomic mass is 10.1. The number of benzene rings is 2. The lowest BCUT2D eigenvalue weighted by Crippen LogP contribution is -2.40. The van der Waals surface area contributed by atoms with Crippen LogP contribution in [0.1, 0.15) is 28.8 Å². The number of halogens is 1. The van der Waals surface area contributed by atoms with E-state index in [2.05, 4.69) is 0 Å². The largest absolute Gasteiger partial charge is 0.488 e. The molecule has 2 aromatic rings. The third-order valence-electron chi connectivity index (χ3n) is 4.18.